The summed E-state index contributed by atoms with van der Waals surface area (Å²) in [7, 11) is 4.64. The molecule has 1 aliphatic carbocycles. The Hall–Kier alpha value is -4.25. The van der Waals surface area contributed by atoms with Crippen LogP contribution in [0.4, 0.5) is 5.69 Å². The van der Waals surface area contributed by atoms with Crippen LogP contribution in [-0.2, 0) is 38.1 Å². The fraction of sp³-hybridized carbons (Fsp3) is 0.323. The van der Waals surface area contributed by atoms with Gasteiger partial charge in [-0.2, -0.15) is 0 Å². The lowest BCUT2D eigenvalue weighted by molar-refractivity contribution is -0.152. The number of halogens is 1. The third-order valence-electron chi connectivity index (χ3n) is 7.31. The number of hydrogen-bond acceptors (Lipinski definition) is 10. The zero-order valence-corrected chi connectivity index (χ0v) is 25.4. The van der Waals surface area contributed by atoms with Crippen molar-refractivity contribution in [2.75, 3.05) is 28.4 Å². The van der Waals surface area contributed by atoms with Crippen LogP contribution in [0.1, 0.15) is 43.2 Å². The molecule has 0 bridgehead atoms. The Morgan fingerprint density at radius 1 is 0.905 bits per heavy atom. The first kappa shape index (κ1) is 30.7. The van der Waals surface area contributed by atoms with E-state index in [-0.39, 0.29) is 29.0 Å². The molecule has 0 saturated heterocycles. The van der Waals surface area contributed by atoms with E-state index in [2.05, 4.69) is 15.9 Å². The summed E-state index contributed by atoms with van der Waals surface area (Å²) in [6, 6.07) is 12.1. The van der Waals surface area contributed by atoms with Gasteiger partial charge >= 0.3 is 23.9 Å². The fourth-order valence-electron chi connectivity index (χ4n) is 5.48. The molecule has 0 spiro atoms. The molecule has 0 N–H and O–H groups in total. The smallest absolute Gasteiger partial charge is 0.374 e. The lowest BCUT2D eigenvalue weighted by Gasteiger charge is -2.45. The number of aliphatic imine (C=N–C) groups is 1. The predicted molar refractivity (Wildman–Crippen MR) is 156 cm³/mol. The highest BCUT2D eigenvalue weighted by molar-refractivity contribution is 9.10. The van der Waals surface area contributed by atoms with Gasteiger partial charge in [0.1, 0.15) is 11.2 Å². The van der Waals surface area contributed by atoms with Crippen molar-refractivity contribution in [1.29, 1.82) is 0 Å². The second-order valence-corrected chi connectivity index (χ2v) is 10.3. The van der Waals surface area contributed by atoms with Crippen molar-refractivity contribution < 1.29 is 42.9 Å². The van der Waals surface area contributed by atoms with Crippen molar-refractivity contribution in [2.45, 2.75) is 32.1 Å². The summed E-state index contributed by atoms with van der Waals surface area (Å²) >= 11 is 3.52. The van der Waals surface area contributed by atoms with Gasteiger partial charge in [-0.3, -0.25) is 9.79 Å². The topological polar surface area (TPSA) is 127 Å². The summed E-state index contributed by atoms with van der Waals surface area (Å²) in [5, 5.41) is 0. The maximum atomic E-state index is 14.4. The molecule has 0 unspecified atom stereocenters. The van der Waals surface area contributed by atoms with Crippen LogP contribution in [0.15, 0.2) is 68.8 Å². The molecule has 2 aromatic carbocycles. The standard InChI is InChI=1S/C31H30BrNO9/c1-6-7-15-22(33-20-13-9-8-12-19(20)32)31(30(37)41-5)18(27(34)38-2)16-17-11-10-14-21-23(17)25(31)24(28(35)39-3)26(42-21)29(36)40-4/h8-14,16,25H,6-7,15H2,1-5H3/t25-,31-/m1/s1. The average Bonchev–Trinajstić information content (AvgIpc) is 3.02. The second kappa shape index (κ2) is 12.7. The Labute approximate surface area is 251 Å². The van der Waals surface area contributed by atoms with E-state index in [9.17, 15) is 19.2 Å². The second-order valence-electron chi connectivity index (χ2n) is 9.48. The first-order valence-corrected chi connectivity index (χ1v) is 13.9. The van der Waals surface area contributed by atoms with Crippen molar-refractivity contribution in [3.8, 4) is 5.75 Å². The Morgan fingerprint density at radius 2 is 1.60 bits per heavy atom. The number of carbonyl (C=O) groups excluding carboxylic acids is 4. The van der Waals surface area contributed by atoms with Crippen LogP contribution in [0.2, 0.25) is 0 Å². The number of carbonyl (C=O) groups is 4. The van der Waals surface area contributed by atoms with Crippen molar-refractivity contribution in [2.24, 2.45) is 10.4 Å². The normalized spacial score (nSPS) is 19.1. The Balaban J connectivity index is 2.27. The summed E-state index contributed by atoms with van der Waals surface area (Å²) in [6.45, 7) is 1.97. The minimum atomic E-state index is -2.08. The lowest BCUT2D eigenvalue weighted by Crippen LogP contribution is -2.53. The molecule has 0 saturated carbocycles. The molecule has 1 aliphatic heterocycles. The number of esters is 4. The molecule has 0 radical (unpaired) electrons. The number of methoxy groups -OCH3 is 4. The van der Waals surface area contributed by atoms with Gasteiger partial charge in [-0.25, -0.2) is 14.4 Å². The lowest BCUT2D eigenvalue weighted by atomic mass is 9.56. The van der Waals surface area contributed by atoms with E-state index in [1.54, 1.807) is 36.4 Å². The maximum Gasteiger partial charge on any atom is 0.374 e. The van der Waals surface area contributed by atoms with Crippen LogP contribution < -0.4 is 4.74 Å². The molecule has 42 heavy (non-hydrogen) atoms. The molecular weight excluding hydrogens is 610 g/mol. The Morgan fingerprint density at radius 3 is 2.21 bits per heavy atom. The van der Waals surface area contributed by atoms with E-state index < -0.39 is 41.0 Å². The van der Waals surface area contributed by atoms with Gasteiger partial charge in [-0.15, -0.1) is 0 Å². The number of unbranched alkanes of at least 4 members (excludes halogenated alkanes) is 1. The summed E-state index contributed by atoms with van der Waals surface area (Å²) in [6.07, 6.45) is 3.01. The average molecular weight is 640 g/mol. The Bertz CT molecular complexity index is 1540. The summed E-state index contributed by atoms with van der Waals surface area (Å²) < 4.78 is 27.3. The largest absolute Gasteiger partial charge is 0.468 e. The third kappa shape index (κ3) is 5.02. The first-order valence-electron chi connectivity index (χ1n) is 13.1. The number of nitrogens with zero attached hydrogens (tertiary/aromatic N) is 1. The van der Waals surface area contributed by atoms with Gasteiger partial charge in [0.2, 0.25) is 5.76 Å². The number of para-hydroxylation sites is 1. The number of benzene rings is 2. The molecule has 0 fully saturated rings. The van der Waals surface area contributed by atoms with Crippen molar-refractivity contribution in [1.82, 2.24) is 0 Å². The minimum absolute atomic E-state index is 0.124. The monoisotopic (exact) mass is 639 g/mol. The number of ether oxygens (including phenoxy) is 5. The van der Waals surface area contributed by atoms with Crippen LogP contribution >= 0.6 is 15.9 Å². The van der Waals surface area contributed by atoms with Crippen molar-refractivity contribution >= 4 is 57.3 Å². The molecule has 0 aromatic heterocycles. The van der Waals surface area contributed by atoms with Gasteiger partial charge in [-0.1, -0.05) is 37.6 Å². The highest BCUT2D eigenvalue weighted by atomic mass is 79.9. The molecule has 2 atom stereocenters. The minimum Gasteiger partial charge on any atom is -0.468 e. The SMILES string of the molecule is CCCCC(=Nc1ccccc1Br)[C@]1(C(=O)OC)C(C(=O)OC)=Cc2cccc3c2[C@@H]1C(C(=O)OC)=C(C(=O)OC)O3. The van der Waals surface area contributed by atoms with E-state index in [0.29, 0.717) is 34.1 Å². The van der Waals surface area contributed by atoms with Gasteiger partial charge in [-0.05, 0) is 58.6 Å². The van der Waals surface area contributed by atoms with Gasteiger partial charge in [0, 0.05) is 15.7 Å². The van der Waals surface area contributed by atoms with Gasteiger partial charge in [0.05, 0.1) is 51.2 Å². The number of hydrogen-bond donors (Lipinski definition) is 0. The molecule has 4 rings (SSSR count). The van der Waals surface area contributed by atoms with Gasteiger partial charge < -0.3 is 23.7 Å². The summed E-state index contributed by atoms with van der Waals surface area (Å²) in [5.41, 5.74) is -0.987. The molecule has 220 valence electrons. The van der Waals surface area contributed by atoms with E-state index in [1.807, 2.05) is 13.0 Å². The molecule has 0 amide bonds. The maximum absolute atomic E-state index is 14.4. The van der Waals surface area contributed by atoms with Crippen LogP contribution in [0.5, 0.6) is 5.75 Å². The molecular formula is C31H30BrNO9. The van der Waals surface area contributed by atoms with E-state index in [4.69, 9.17) is 28.7 Å². The quantitative estimate of drug-likeness (QED) is 0.206. The molecule has 2 aromatic rings. The van der Waals surface area contributed by atoms with Crippen LogP contribution in [-0.4, -0.2) is 58.0 Å². The fourth-order valence-corrected chi connectivity index (χ4v) is 5.85. The van der Waals surface area contributed by atoms with E-state index in [0.717, 1.165) is 14.2 Å². The molecule has 1 heterocycles. The van der Waals surface area contributed by atoms with Crippen molar-refractivity contribution in [3.05, 3.63) is 75.0 Å². The Kier molecular flexibility index (Phi) is 9.30. The summed E-state index contributed by atoms with van der Waals surface area (Å²) in [4.78, 5) is 59.7. The van der Waals surface area contributed by atoms with Gasteiger partial charge in [0.15, 0.2) is 0 Å². The predicted octanol–water partition coefficient (Wildman–Crippen LogP) is 5.22. The highest BCUT2D eigenvalue weighted by Crippen LogP contribution is 2.59. The first-order chi connectivity index (χ1) is 20.2. The van der Waals surface area contributed by atoms with E-state index >= 15 is 0 Å². The van der Waals surface area contributed by atoms with Crippen LogP contribution in [0, 0.1) is 5.41 Å². The molecule has 11 heteroatoms. The zero-order valence-electron chi connectivity index (χ0n) is 23.8. The zero-order chi connectivity index (χ0) is 30.6. The highest BCUT2D eigenvalue weighted by Gasteiger charge is 2.63. The third-order valence-corrected chi connectivity index (χ3v) is 7.98. The number of rotatable bonds is 9. The molecule has 10 nitrogen and oxygen atoms in total. The van der Waals surface area contributed by atoms with Crippen LogP contribution in [0.25, 0.3) is 6.08 Å². The molecule has 2 aliphatic rings. The van der Waals surface area contributed by atoms with Gasteiger partial charge in [0.25, 0.3) is 0 Å². The summed E-state index contributed by atoms with van der Waals surface area (Å²) in [5.74, 6) is -5.30. The van der Waals surface area contributed by atoms with E-state index in [1.165, 1.54) is 20.3 Å². The van der Waals surface area contributed by atoms with Crippen molar-refractivity contribution in [3.63, 3.8) is 0 Å². The van der Waals surface area contributed by atoms with Crippen LogP contribution in [0.3, 0.4) is 0 Å².